The molecule has 0 unspecified atom stereocenters. The molecule has 0 radical (unpaired) electrons. The van der Waals surface area contributed by atoms with E-state index in [9.17, 15) is 9.59 Å². The summed E-state index contributed by atoms with van der Waals surface area (Å²) in [6.07, 6.45) is 7.13. The number of rotatable bonds is 7. The van der Waals surface area contributed by atoms with Gasteiger partial charge in [0.2, 0.25) is 11.8 Å². The Morgan fingerprint density at radius 2 is 1.88 bits per heavy atom. The summed E-state index contributed by atoms with van der Waals surface area (Å²) >= 11 is 1.58. The van der Waals surface area contributed by atoms with Gasteiger partial charge in [0.15, 0.2) is 5.13 Å². The minimum atomic E-state index is -0.0428. The molecular weight excluding hydrogens is 532 g/mol. The molecule has 41 heavy (non-hydrogen) atoms. The van der Waals surface area contributed by atoms with Gasteiger partial charge in [-0.15, -0.1) is 11.3 Å². The van der Waals surface area contributed by atoms with Crippen molar-refractivity contribution in [3.8, 4) is 0 Å². The Hall–Kier alpha value is -3.14. The molecule has 2 aliphatic carbocycles. The van der Waals surface area contributed by atoms with Crippen LogP contribution in [0.3, 0.4) is 0 Å². The first-order chi connectivity index (χ1) is 19.9. The van der Waals surface area contributed by atoms with Gasteiger partial charge in [-0.25, -0.2) is 4.98 Å². The lowest BCUT2D eigenvalue weighted by atomic mass is 9.56. The molecule has 214 valence electrons. The van der Waals surface area contributed by atoms with Crippen LogP contribution in [0.2, 0.25) is 0 Å². The summed E-state index contributed by atoms with van der Waals surface area (Å²) < 4.78 is 0. The molecule has 0 bridgehead atoms. The largest absolute Gasteiger partial charge is 0.341 e. The summed E-state index contributed by atoms with van der Waals surface area (Å²) in [6.45, 7) is 4.03. The molecule has 3 aromatic rings. The zero-order valence-corrected chi connectivity index (χ0v) is 24.2. The Morgan fingerprint density at radius 1 is 1.07 bits per heavy atom. The third-order valence-electron chi connectivity index (χ3n) is 9.56. The summed E-state index contributed by atoms with van der Waals surface area (Å²) in [7, 11) is 0. The van der Waals surface area contributed by atoms with Gasteiger partial charge < -0.3 is 16.0 Å². The Morgan fingerprint density at radius 3 is 2.66 bits per heavy atom. The van der Waals surface area contributed by atoms with Crippen molar-refractivity contribution < 1.29 is 9.59 Å². The van der Waals surface area contributed by atoms with Crippen molar-refractivity contribution in [2.45, 2.75) is 57.0 Å². The number of nitrogens with zero attached hydrogens (tertiary/aromatic N) is 4. The van der Waals surface area contributed by atoms with Gasteiger partial charge in [0.25, 0.3) is 0 Å². The van der Waals surface area contributed by atoms with E-state index in [2.05, 4.69) is 55.4 Å². The second-order valence-corrected chi connectivity index (χ2v) is 13.8. The Bertz CT molecular complexity index is 1400. The lowest BCUT2D eigenvalue weighted by Gasteiger charge is -2.59. The number of carbonyl (C=O) groups excluding carboxylic acids is 2. The van der Waals surface area contributed by atoms with E-state index in [0.29, 0.717) is 17.5 Å². The second kappa shape index (κ2) is 10.9. The number of likely N-dealkylation sites (tertiary alicyclic amines) is 2. The lowest BCUT2D eigenvalue weighted by Crippen LogP contribution is -2.65. The molecule has 2 amide bonds. The molecule has 1 saturated carbocycles. The first-order valence-corrected chi connectivity index (χ1v) is 15.7. The number of fused-ring (bicyclic) bond motifs is 1. The predicted octanol–water partition coefficient (Wildman–Crippen LogP) is 3.84. The molecule has 8 nitrogen and oxygen atoms in total. The van der Waals surface area contributed by atoms with Crippen molar-refractivity contribution in [2.24, 2.45) is 23.0 Å². The zero-order valence-electron chi connectivity index (χ0n) is 23.4. The molecule has 4 aliphatic rings. The van der Waals surface area contributed by atoms with Gasteiger partial charge in [0.05, 0.1) is 17.3 Å². The number of aromatic nitrogens is 2. The van der Waals surface area contributed by atoms with Crippen molar-refractivity contribution in [2.75, 3.05) is 31.5 Å². The van der Waals surface area contributed by atoms with E-state index in [4.69, 9.17) is 5.73 Å². The molecule has 4 heterocycles. The van der Waals surface area contributed by atoms with Crippen molar-refractivity contribution in [1.82, 2.24) is 19.8 Å². The number of nitrogens with two attached hydrogens (primary N) is 1. The molecule has 3 fully saturated rings. The molecule has 3 atom stereocenters. The smallest absolute Gasteiger partial charge is 0.227 e. The fourth-order valence-corrected chi connectivity index (χ4v) is 8.75. The van der Waals surface area contributed by atoms with Crippen LogP contribution in [0.5, 0.6) is 0 Å². The van der Waals surface area contributed by atoms with Gasteiger partial charge in [-0.3, -0.25) is 19.5 Å². The van der Waals surface area contributed by atoms with Gasteiger partial charge in [0.1, 0.15) is 0 Å². The van der Waals surface area contributed by atoms with Gasteiger partial charge >= 0.3 is 0 Å². The molecule has 1 aromatic carbocycles. The fourth-order valence-electron chi connectivity index (χ4n) is 7.63. The van der Waals surface area contributed by atoms with Crippen LogP contribution >= 0.6 is 11.3 Å². The standard InChI is InChI=1S/C32H38N6O2S/c33-23-9-10-27-28(13-23)41-31(35-27)36-29(39)12-21-14-32(15-21)19-38(20-32)30(40)26-18-37(16-24-8-4-5-11-34-24)17-25(26)22-6-2-1-3-7-22/h1-8,11,21,23,25-26H,9-10,12-20,33H2,(H,35,36,39)/t23-,25-,26+/m1/s1. The highest BCUT2D eigenvalue weighted by molar-refractivity contribution is 7.15. The third kappa shape index (κ3) is 5.55. The maximum absolute atomic E-state index is 13.8. The van der Waals surface area contributed by atoms with Crippen molar-refractivity contribution >= 4 is 28.3 Å². The number of benzene rings is 1. The predicted molar refractivity (Wildman–Crippen MR) is 159 cm³/mol. The topological polar surface area (TPSA) is 104 Å². The van der Waals surface area contributed by atoms with Gasteiger partial charge in [-0.1, -0.05) is 36.4 Å². The summed E-state index contributed by atoms with van der Waals surface area (Å²) in [5, 5.41) is 3.75. The zero-order chi connectivity index (χ0) is 28.0. The van der Waals surface area contributed by atoms with Crippen LogP contribution in [0.1, 0.15) is 53.4 Å². The Balaban J connectivity index is 0.919. The number of hydrogen-bond acceptors (Lipinski definition) is 7. The number of amides is 2. The number of hydrogen-bond donors (Lipinski definition) is 2. The number of carbonyl (C=O) groups is 2. The Labute approximate surface area is 245 Å². The van der Waals surface area contributed by atoms with E-state index in [0.717, 1.165) is 76.2 Å². The lowest BCUT2D eigenvalue weighted by molar-refractivity contribution is -0.160. The first-order valence-electron chi connectivity index (χ1n) is 14.9. The normalized spacial score (nSPS) is 25.4. The molecular formula is C32H38N6O2S. The highest BCUT2D eigenvalue weighted by atomic mass is 32.1. The molecule has 9 heteroatoms. The fraction of sp³-hybridized carbons (Fsp3) is 0.500. The second-order valence-electron chi connectivity index (χ2n) is 12.8. The minimum Gasteiger partial charge on any atom is -0.341 e. The molecule has 2 aliphatic heterocycles. The number of nitrogens with one attached hydrogen (secondary N) is 1. The van der Waals surface area contributed by atoms with Crippen molar-refractivity contribution in [3.63, 3.8) is 0 Å². The van der Waals surface area contributed by atoms with Crippen molar-refractivity contribution in [1.29, 1.82) is 0 Å². The monoisotopic (exact) mass is 570 g/mol. The van der Waals surface area contributed by atoms with E-state index in [-0.39, 0.29) is 35.1 Å². The van der Waals surface area contributed by atoms with Gasteiger partial charge in [0, 0.05) is 67.6 Å². The van der Waals surface area contributed by atoms with E-state index >= 15 is 0 Å². The molecule has 2 aromatic heterocycles. The summed E-state index contributed by atoms with van der Waals surface area (Å²) in [4.78, 5) is 41.4. The maximum atomic E-state index is 13.8. The van der Waals surface area contributed by atoms with E-state index in [1.807, 2.05) is 24.4 Å². The number of thiazole rings is 1. The SMILES string of the molecule is N[C@@H]1CCc2nc(NC(=O)CC3CC4(C3)CN(C(=O)[C@H]3CN(Cc5ccccn5)C[C@@H]3c3ccccc3)C4)sc2C1. The molecule has 7 rings (SSSR count). The Kier molecular flexibility index (Phi) is 7.13. The summed E-state index contributed by atoms with van der Waals surface area (Å²) in [5.41, 5.74) is 9.67. The van der Waals surface area contributed by atoms with Crippen LogP contribution < -0.4 is 11.1 Å². The average Bonchev–Trinajstić information content (AvgIpc) is 3.53. The highest BCUT2D eigenvalue weighted by Gasteiger charge is 2.55. The van der Waals surface area contributed by atoms with Crippen molar-refractivity contribution in [3.05, 3.63) is 76.6 Å². The third-order valence-corrected chi connectivity index (χ3v) is 10.6. The average molecular weight is 571 g/mol. The van der Waals surface area contributed by atoms with E-state index in [1.54, 1.807) is 11.3 Å². The van der Waals surface area contributed by atoms with E-state index in [1.165, 1.54) is 10.4 Å². The number of aryl methyl sites for hydroxylation is 1. The van der Waals surface area contributed by atoms with Crippen LogP contribution in [0, 0.1) is 17.3 Å². The number of pyridine rings is 1. The quantitative estimate of drug-likeness (QED) is 0.447. The van der Waals surface area contributed by atoms with Crippen LogP contribution in [0.4, 0.5) is 5.13 Å². The van der Waals surface area contributed by atoms with Gasteiger partial charge in [-0.2, -0.15) is 0 Å². The minimum absolute atomic E-state index is 0.0428. The highest BCUT2D eigenvalue weighted by Crippen LogP contribution is 2.54. The summed E-state index contributed by atoms with van der Waals surface area (Å²) in [5.74, 6) is 0.860. The number of anilines is 1. The van der Waals surface area contributed by atoms with E-state index < -0.39 is 0 Å². The first kappa shape index (κ1) is 26.7. The van der Waals surface area contributed by atoms with Crippen LogP contribution in [-0.2, 0) is 29.0 Å². The maximum Gasteiger partial charge on any atom is 0.227 e. The van der Waals surface area contributed by atoms with Crippen LogP contribution in [0.25, 0.3) is 0 Å². The van der Waals surface area contributed by atoms with Gasteiger partial charge in [-0.05, 0) is 55.7 Å². The summed E-state index contributed by atoms with van der Waals surface area (Å²) in [6, 6.07) is 16.7. The molecule has 2 saturated heterocycles. The molecule has 3 N–H and O–H groups in total. The van der Waals surface area contributed by atoms with Crippen LogP contribution in [0.15, 0.2) is 54.7 Å². The molecule has 1 spiro atoms. The van der Waals surface area contributed by atoms with Crippen LogP contribution in [-0.4, -0.2) is 63.8 Å².